The van der Waals surface area contributed by atoms with Gasteiger partial charge in [0.05, 0.1) is 11.1 Å². The lowest BCUT2D eigenvalue weighted by Crippen LogP contribution is -2.54. The fourth-order valence-corrected chi connectivity index (χ4v) is 4.92. The van der Waals surface area contributed by atoms with Crippen LogP contribution in [0.25, 0.3) is 0 Å². The van der Waals surface area contributed by atoms with Gasteiger partial charge in [-0.05, 0) is 30.4 Å². The molecule has 0 aromatic heterocycles. The van der Waals surface area contributed by atoms with Crippen LogP contribution in [0.3, 0.4) is 0 Å². The highest BCUT2D eigenvalue weighted by Gasteiger charge is 2.45. The van der Waals surface area contributed by atoms with Crippen molar-refractivity contribution in [3.63, 3.8) is 0 Å². The summed E-state index contributed by atoms with van der Waals surface area (Å²) in [6.45, 7) is 3.37. The van der Waals surface area contributed by atoms with Gasteiger partial charge < -0.3 is 5.32 Å². The van der Waals surface area contributed by atoms with Crippen molar-refractivity contribution in [2.45, 2.75) is 50.7 Å². The van der Waals surface area contributed by atoms with Crippen LogP contribution >= 0.6 is 0 Å². The third-order valence-electron chi connectivity index (χ3n) is 6.70. The number of imide groups is 2. The summed E-state index contributed by atoms with van der Waals surface area (Å²) in [6, 6.07) is 4.88. The maximum absolute atomic E-state index is 13.3. The molecule has 158 valence electrons. The number of piperidine rings is 1. The quantitative estimate of drug-likeness (QED) is 0.692. The largest absolute Gasteiger partial charge is 0.314 e. The van der Waals surface area contributed by atoms with Crippen LogP contribution < -0.4 is 10.6 Å². The number of nitrogens with one attached hydrogen (secondary N) is 2. The Morgan fingerprint density at radius 3 is 2.63 bits per heavy atom. The van der Waals surface area contributed by atoms with Gasteiger partial charge in [-0.15, -0.1) is 0 Å². The zero-order valence-electron chi connectivity index (χ0n) is 16.9. The summed E-state index contributed by atoms with van der Waals surface area (Å²) in [5.41, 5.74) is 1.61. The molecule has 3 fully saturated rings. The second-order valence-electron chi connectivity index (χ2n) is 8.79. The van der Waals surface area contributed by atoms with E-state index in [2.05, 4.69) is 15.5 Å². The molecule has 4 amide bonds. The number of amides is 4. The van der Waals surface area contributed by atoms with Gasteiger partial charge >= 0.3 is 0 Å². The maximum Gasteiger partial charge on any atom is 0.262 e. The minimum Gasteiger partial charge on any atom is -0.314 e. The monoisotopic (exact) mass is 410 g/mol. The molecule has 2 saturated heterocycles. The Labute approximate surface area is 175 Å². The van der Waals surface area contributed by atoms with Crippen LogP contribution in [0.1, 0.15) is 58.4 Å². The molecule has 1 saturated carbocycles. The van der Waals surface area contributed by atoms with Crippen LogP contribution in [0.4, 0.5) is 0 Å². The number of piperazine rings is 1. The molecule has 5 rings (SSSR count). The first-order valence-corrected chi connectivity index (χ1v) is 10.8. The summed E-state index contributed by atoms with van der Waals surface area (Å²) in [5.74, 6) is -0.997. The SMILES string of the molecule is O=C1CCC(N2C(=O)c3cccc(CN4CCNCC4CC4CC4)c3C2=O)C(=O)N1. The number of benzene rings is 1. The van der Waals surface area contributed by atoms with Crippen LogP contribution in [0.5, 0.6) is 0 Å². The van der Waals surface area contributed by atoms with Crippen LogP contribution in [-0.2, 0) is 16.1 Å². The molecule has 1 aromatic rings. The first-order valence-electron chi connectivity index (χ1n) is 10.8. The highest BCUT2D eigenvalue weighted by Crippen LogP contribution is 2.36. The highest BCUT2D eigenvalue weighted by molar-refractivity contribution is 6.24. The van der Waals surface area contributed by atoms with E-state index in [9.17, 15) is 19.2 Å². The van der Waals surface area contributed by atoms with Crippen LogP contribution in [0.15, 0.2) is 18.2 Å². The van der Waals surface area contributed by atoms with Gasteiger partial charge in [-0.3, -0.25) is 34.3 Å². The van der Waals surface area contributed by atoms with E-state index in [0.29, 0.717) is 23.7 Å². The van der Waals surface area contributed by atoms with Crippen molar-refractivity contribution < 1.29 is 19.2 Å². The zero-order chi connectivity index (χ0) is 20.8. The van der Waals surface area contributed by atoms with E-state index in [1.807, 2.05) is 12.1 Å². The summed E-state index contributed by atoms with van der Waals surface area (Å²) < 4.78 is 0. The first kappa shape index (κ1) is 19.4. The minimum atomic E-state index is -0.926. The molecular weight excluding hydrogens is 384 g/mol. The highest BCUT2D eigenvalue weighted by atomic mass is 16.2. The van der Waals surface area contributed by atoms with Crippen LogP contribution in [0.2, 0.25) is 0 Å². The Kier molecular flexibility index (Phi) is 4.91. The normalized spacial score (nSPS) is 27.4. The predicted molar refractivity (Wildman–Crippen MR) is 108 cm³/mol. The predicted octanol–water partition coefficient (Wildman–Crippen LogP) is 0.662. The number of hydrogen-bond donors (Lipinski definition) is 2. The lowest BCUT2D eigenvalue weighted by Gasteiger charge is -2.36. The molecule has 2 unspecified atom stereocenters. The van der Waals surface area contributed by atoms with Gasteiger partial charge in [0.1, 0.15) is 6.04 Å². The number of carbonyl (C=O) groups excluding carboxylic acids is 4. The molecule has 1 aromatic carbocycles. The van der Waals surface area contributed by atoms with E-state index >= 15 is 0 Å². The molecule has 0 radical (unpaired) electrons. The van der Waals surface area contributed by atoms with Gasteiger partial charge in [0.15, 0.2) is 0 Å². The number of nitrogens with zero attached hydrogens (tertiary/aromatic N) is 2. The van der Waals surface area contributed by atoms with Crippen LogP contribution in [-0.4, -0.2) is 65.1 Å². The van der Waals surface area contributed by atoms with Crippen LogP contribution in [0, 0.1) is 5.92 Å². The third-order valence-corrected chi connectivity index (χ3v) is 6.70. The van der Waals surface area contributed by atoms with Gasteiger partial charge in [0, 0.05) is 38.6 Å². The fraction of sp³-hybridized carbons (Fsp3) is 0.545. The van der Waals surface area contributed by atoms with Crippen molar-refractivity contribution in [3.05, 3.63) is 34.9 Å². The average molecular weight is 410 g/mol. The lowest BCUT2D eigenvalue weighted by atomic mass is 10.00. The first-order chi connectivity index (χ1) is 14.5. The molecule has 3 heterocycles. The topological polar surface area (TPSA) is 98.8 Å². The van der Waals surface area contributed by atoms with E-state index in [4.69, 9.17) is 0 Å². The summed E-state index contributed by atoms with van der Waals surface area (Å²) in [6.07, 6.45) is 4.07. The van der Waals surface area contributed by atoms with Crippen molar-refractivity contribution in [1.29, 1.82) is 0 Å². The van der Waals surface area contributed by atoms with E-state index in [-0.39, 0.29) is 18.7 Å². The fourth-order valence-electron chi connectivity index (χ4n) is 4.92. The Bertz CT molecular complexity index is 926. The molecule has 8 heteroatoms. The number of rotatable bonds is 5. The molecular formula is C22H26N4O4. The van der Waals surface area contributed by atoms with E-state index in [1.165, 1.54) is 12.8 Å². The molecule has 0 bridgehead atoms. The minimum absolute atomic E-state index is 0.125. The molecule has 3 aliphatic heterocycles. The van der Waals surface area contributed by atoms with E-state index < -0.39 is 23.8 Å². The molecule has 2 atom stereocenters. The average Bonchev–Trinajstić information content (AvgIpc) is 3.50. The van der Waals surface area contributed by atoms with Gasteiger partial charge in [-0.1, -0.05) is 25.0 Å². The maximum atomic E-state index is 13.3. The van der Waals surface area contributed by atoms with Gasteiger partial charge in [-0.2, -0.15) is 0 Å². The van der Waals surface area contributed by atoms with Gasteiger partial charge in [0.25, 0.3) is 11.8 Å². The van der Waals surface area contributed by atoms with Crippen molar-refractivity contribution in [2.24, 2.45) is 5.92 Å². The summed E-state index contributed by atoms with van der Waals surface area (Å²) in [7, 11) is 0. The Morgan fingerprint density at radius 1 is 1.03 bits per heavy atom. The standard InChI is InChI=1S/C22H26N4O4/c27-18-7-6-17(20(28)24-18)26-21(29)16-3-1-2-14(19(16)22(26)30)12-25-9-8-23-11-15(25)10-13-4-5-13/h1-3,13,15,17,23H,4-12H2,(H,24,27,28). The summed E-state index contributed by atoms with van der Waals surface area (Å²) in [5, 5.41) is 5.71. The van der Waals surface area contributed by atoms with Crippen molar-refractivity contribution in [2.75, 3.05) is 19.6 Å². The molecule has 1 aliphatic carbocycles. The molecule has 0 spiro atoms. The van der Waals surface area contributed by atoms with Crippen molar-refractivity contribution in [3.8, 4) is 0 Å². The molecule has 8 nitrogen and oxygen atoms in total. The lowest BCUT2D eigenvalue weighted by molar-refractivity contribution is -0.136. The number of hydrogen-bond acceptors (Lipinski definition) is 6. The Hall–Kier alpha value is -2.58. The summed E-state index contributed by atoms with van der Waals surface area (Å²) in [4.78, 5) is 53.5. The molecule has 4 aliphatic rings. The molecule has 30 heavy (non-hydrogen) atoms. The summed E-state index contributed by atoms with van der Waals surface area (Å²) >= 11 is 0. The third kappa shape index (κ3) is 3.44. The number of carbonyl (C=O) groups is 4. The second kappa shape index (κ2) is 7.59. The van der Waals surface area contributed by atoms with Gasteiger partial charge in [0.2, 0.25) is 11.8 Å². The Morgan fingerprint density at radius 2 is 1.87 bits per heavy atom. The van der Waals surface area contributed by atoms with Crippen molar-refractivity contribution in [1.82, 2.24) is 20.4 Å². The second-order valence-corrected chi connectivity index (χ2v) is 8.79. The Balaban J connectivity index is 1.40. The van der Waals surface area contributed by atoms with E-state index in [1.54, 1.807) is 6.07 Å². The smallest absolute Gasteiger partial charge is 0.262 e. The van der Waals surface area contributed by atoms with Crippen molar-refractivity contribution >= 4 is 23.6 Å². The van der Waals surface area contributed by atoms with Gasteiger partial charge in [-0.25, -0.2) is 0 Å². The molecule has 2 N–H and O–H groups in total. The van der Waals surface area contributed by atoms with E-state index in [0.717, 1.165) is 42.4 Å². The zero-order valence-corrected chi connectivity index (χ0v) is 16.9. The number of fused-ring (bicyclic) bond motifs is 1.